The highest BCUT2D eigenvalue weighted by Crippen LogP contribution is 2.40. The first kappa shape index (κ1) is 15.3. The molecule has 0 spiro atoms. The molecule has 3 aromatic rings. The molecular formula is C21H25N3. The molecule has 3 nitrogen and oxygen atoms in total. The van der Waals surface area contributed by atoms with Crippen molar-refractivity contribution >= 4 is 16.6 Å². The van der Waals surface area contributed by atoms with Crippen LogP contribution in [0.1, 0.15) is 29.0 Å². The zero-order chi connectivity index (χ0) is 16.7. The monoisotopic (exact) mass is 319 g/mol. The molecule has 4 rings (SSSR count). The van der Waals surface area contributed by atoms with Crippen LogP contribution in [0, 0.1) is 13.8 Å². The Morgan fingerprint density at radius 2 is 2.04 bits per heavy atom. The predicted molar refractivity (Wildman–Crippen MR) is 103 cm³/mol. The van der Waals surface area contributed by atoms with Crippen molar-refractivity contribution in [2.75, 3.05) is 25.5 Å². The molecule has 1 aliphatic rings. The molecular weight excluding hydrogens is 294 g/mol. The Bertz CT molecular complexity index is 891. The highest BCUT2D eigenvalue weighted by atomic mass is 14.9. The summed E-state index contributed by atoms with van der Waals surface area (Å²) in [6.45, 7) is 6.43. The molecule has 0 bridgehead atoms. The number of hydrogen-bond acceptors (Lipinski definition) is 2. The summed E-state index contributed by atoms with van der Waals surface area (Å²) in [7, 11) is 2.04. The number of H-pyrrole nitrogens is 1. The molecule has 1 aliphatic heterocycles. The van der Waals surface area contributed by atoms with Crippen molar-refractivity contribution in [2.45, 2.75) is 26.2 Å². The van der Waals surface area contributed by atoms with Crippen LogP contribution in [-0.2, 0) is 0 Å². The standard InChI is InChI=1S/C21H25N3/c1-13-7-8-16-14(2)20(24-19(16)11-13)18-6-4-5-17-15(12-22-3)9-10-23-21(17)18/h4-8,11,15,22-24H,9-10,12H2,1-3H3. The van der Waals surface area contributed by atoms with Gasteiger partial charge in [-0.2, -0.15) is 0 Å². The van der Waals surface area contributed by atoms with Gasteiger partial charge in [-0.3, -0.25) is 0 Å². The predicted octanol–water partition coefficient (Wildman–Crippen LogP) is 4.57. The number of hydrogen-bond donors (Lipinski definition) is 3. The lowest BCUT2D eigenvalue weighted by Crippen LogP contribution is -2.25. The number of likely N-dealkylation sites (N-methyl/N-ethyl adjacent to an activating group) is 1. The van der Waals surface area contributed by atoms with Crippen molar-refractivity contribution < 1.29 is 0 Å². The number of aromatic amines is 1. The number of rotatable bonds is 3. The van der Waals surface area contributed by atoms with Crippen LogP contribution < -0.4 is 10.6 Å². The first-order chi connectivity index (χ1) is 11.7. The molecule has 0 fully saturated rings. The molecule has 3 heteroatoms. The average Bonchev–Trinajstić information content (AvgIpc) is 2.91. The van der Waals surface area contributed by atoms with E-state index in [0.717, 1.165) is 13.1 Å². The molecule has 2 aromatic carbocycles. The topological polar surface area (TPSA) is 39.8 Å². The highest BCUT2D eigenvalue weighted by Gasteiger charge is 2.23. The summed E-state index contributed by atoms with van der Waals surface area (Å²) in [6, 6.07) is 13.4. The molecule has 0 saturated carbocycles. The molecule has 1 atom stereocenters. The maximum atomic E-state index is 3.66. The van der Waals surface area contributed by atoms with Crippen LogP contribution in [0.3, 0.4) is 0 Å². The van der Waals surface area contributed by atoms with Crippen molar-refractivity contribution in [3.05, 3.63) is 53.1 Å². The molecule has 124 valence electrons. The third kappa shape index (κ3) is 2.40. The second-order valence-corrected chi connectivity index (χ2v) is 6.91. The van der Waals surface area contributed by atoms with Crippen LogP contribution >= 0.6 is 0 Å². The number of aromatic nitrogens is 1. The molecule has 24 heavy (non-hydrogen) atoms. The summed E-state index contributed by atoms with van der Waals surface area (Å²) in [5.41, 5.74) is 9.11. The van der Waals surface area contributed by atoms with E-state index in [1.807, 2.05) is 7.05 Å². The number of nitrogens with one attached hydrogen (secondary N) is 3. The Kier molecular flexibility index (Phi) is 3.81. The normalized spacial score (nSPS) is 16.9. The summed E-state index contributed by atoms with van der Waals surface area (Å²) in [6.07, 6.45) is 1.18. The van der Waals surface area contributed by atoms with Gasteiger partial charge in [-0.15, -0.1) is 0 Å². The van der Waals surface area contributed by atoms with Gasteiger partial charge in [0.1, 0.15) is 0 Å². The maximum absolute atomic E-state index is 3.66. The van der Waals surface area contributed by atoms with Crippen LogP contribution in [0.25, 0.3) is 22.2 Å². The molecule has 1 unspecified atom stereocenters. The van der Waals surface area contributed by atoms with Gasteiger partial charge in [0, 0.05) is 41.2 Å². The zero-order valence-corrected chi connectivity index (χ0v) is 14.7. The quantitative estimate of drug-likeness (QED) is 0.662. The van der Waals surface area contributed by atoms with Crippen LogP contribution in [0.15, 0.2) is 36.4 Å². The van der Waals surface area contributed by atoms with Crippen molar-refractivity contribution in [2.24, 2.45) is 0 Å². The van der Waals surface area contributed by atoms with Gasteiger partial charge in [0.05, 0.1) is 5.69 Å². The van der Waals surface area contributed by atoms with E-state index in [0.29, 0.717) is 5.92 Å². The van der Waals surface area contributed by atoms with E-state index in [2.05, 4.69) is 65.9 Å². The fourth-order valence-electron chi connectivity index (χ4n) is 4.02. The minimum Gasteiger partial charge on any atom is -0.384 e. The summed E-state index contributed by atoms with van der Waals surface area (Å²) < 4.78 is 0. The number of aryl methyl sites for hydroxylation is 2. The third-order valence-electron chi connectivity index (χ3n) is 5.26. The minimum absolute atomic E-state index is 0.582. The minimum atomic E-state index is 0.582. The van der Waals surface area contributed by atoms with E-state index in [4.69, 9.17) is 0 Å². The maximum Gasteiger partial charge on any atom is 0.0515 e. The lowest BCUT2D eigenvalue weighted by molar-refractivity contribution is 0.586. The van der Waals surface area contributed by atoms with E-state index in [-0.39, 0.29) is 0 Å². The number of benzene rings is 2. The Morgan fingerprint density at radius 1 is 1.17 bits per heavy atom. The van der Waals surface area contributed by atoms with Gasteiger partial charge >= 0.3 is 0 Å². The molecule has 0 saturated heterocycles. The molecule has 0 radical (unpaired) electrons. The van der Waals surface area contributed by atoms with Gasteiger partial charge in [0.25, 0.3) is 0 Å². The number of anilines is 1. The van der Waals surface area contributed by atoms with Crippen molar-refractivity contribution in [1.82, 2.24) is 10.3 Å². The van der Waals surface area contributed by atoms with E-state index in [1.165, 1.54) is 51.0 Å². The zero-order valence-electron chi connectivity index (χ0n) is 14.7. The van der Waals surface area contributed by atoms with Crippen LogP contribution in [0.4, 0.5) is 5.69 Å². The summed E-state index contributed by atoms with van der Waals surface area (Å²) in [5, 5.41) is 8.31. The second kappa shape index (κ2) is 5.99. The first-order valence-corrected chi connectivity index (χ1v) is 8.79. The second-order valence-electron chi connectivity index (χ2n) is 6.91. The fraction of sp³-hybridized carbons (Fsp3) is 0.333. The Hall–Kier alpha value is -2.26. The van der Waals surface area contributed by atoms with Crippen LogP contribution in [0.2, 0.25) is 0 Å². The largest absolute Gasteiger partial charge is 0.384 e. The summed E-state index contributed by atoms with van der Waals surface area (Å²) in [5.74, 6) is 0.582. The van der Waals surface area contributed by atoms with Crippen molar-refractivity contribution in [1.29, 1.82) is 0 Å². The number of para-hydroxylation sites is 1. The highest BCUT2D eigenvalue weighted by molar-refractivity contribution is 5.94. The Balaban J connectivity index is 1.89. The van der Waals surface area contributed by atoms with Gasteiger partial charge in [-0.1, -0.05) is 30.3 Å². The van der Waals surface area contributed by atoms with Gasteiger partial charge in [-0.25, -0.2) is 0 Å². The van der Waals surface area contributed by atoms with E-state index in [9.17, 15) is 0 Å². The molecule has 1 aromatic heterocycles. The lowest BCUT2D eigenvalue weighted by atomic mass is 9.88. The van der Waals surface area contributed by atoms with Crippen molar-refractivity contribution in [3.8, 4) is 11.3 Å². The molecule has 2 heterocycles. The van der Waals surface area contributed by atoms with Crippen molar-refractivity contribution in [3.63, 3.8) is 0 Å². The van der Waals surface area contributed by atoms with Crippen LogP contribution in [0.5, 0.6) is 0 Å². The molecule has 0 amide bonds. The fourth-order valence-corrected chi connectivity index (χ4v) is 4.02. The summed E-state index contributed by atoms with van der Waals surface area (Å²) in [4.78, 5) is 3.66. The van der Waals surface area contributed by atoms with Gasteiger partial charge in [0.15, 0.2) is 0 Å². The molecule has 3 N–H and O–H groups in total. The Morgan fingerprint density at radius 3 is 2.88 bits per heavy atom. The third-order valence-corrected chi connectivity index (χ3v) is 5.26. The smallest absolute Gasteiger partial charge is 0.0515 e. The molecule has 0 aliphatic carbocycles. The van der Waals surface area contributed by atoms with E-state index >= 15 is 0 Å². The Labute approximate surface area is 143 Å². The van der Waals surface area contributed by atoms with E-state index in [1.54, 1.807) is 0 Å². The van der Waals surface area contributed by atoms with Gasteiger partial charge in [-0.05, 0) is 50.1 Å². The summed E-state index contributed by atoms with van der Waals surface area (Å²) >= 11 is 0. The first-order valence-electron chi connectivity index (χ1n) is 8.79. The lowest BCUT2D eigenvalue weighted by Gasteiger charge is -2.28. The van der Waals surface area contributed by atoms with Gasteiger partial charge < -0.3 is 15.6 Å². The average molecular weight is 319 g/mol. The van der Waals surface area contributed by atoms with E-state index < -0.39 is 0 Å². The number of fused-ring (bicyclic) bond motifs is 2. The van der Waals surface area contributed by atoms with Crippen LogP contribution in [-0.4, -0.2) is 25.1 Å². The SMILES string of the molecule is CNCC1CCNc2c(-c3[nH]c4cc(C)ccc4c3C)cccc21. The van der Waals surface area contributed by atoms with Gasteiger partial charge in [0.2, 0.25) is 0 Å².